The second kappa shape index (κ2) is 10.3. The van der Waals surface area contributed by atoms with Crippen LogP contribution in [0.1, 0.15) is 44.7 Å². The lowest BCUT2D eigenvalue weighted by Crippen LogP contribution is -2.17. The number of aryl methyl sites for hydroxylation is 1. The van der Waals surface area contributed by atoms with Gasteiger partial charge in [-0.1, -0.05) is 44.2 Å². The first-order valence-corrected chi connectivity index (χ1v) is 10.8. The predicted molar refractivity (Wildman–Crippen MR) is 123 cm³/mol. The second-order valence-corrected chi connectivity index (χ2v) is 8.22. The molecule has 0 amide bonds. The maximum atomic E-state index is 14.2. The smallest absolute Gasteiger partial charge is 0.165 e. The van der Waals surface area contributed by atoms with Crippen LogP contribution in [0.3, 0.4) is 0 Å². The third kappa shape index (κ3) is 6.00. The molecular weight excluding hydrogens is 391 g/mol. The first-order chi connectivity index (χ1) is 14.9. The highest BCUT2D eigenvalue weighted by molar-refractivity contribution is 5.45. The van der Waals surface area contributed by atoms with Crippen LogP contribution in [-0.4, -0.2) is 13.7 Å². The van der Waals surface area contributed by atoms with E-state index < -0.39 is 0 Å². The van der Waals surface area contributed by atoms with E-state index in [1.807, 2.05) is 49.4 Å². The van der Waals surface area contributed by atoms with E-state index in [9.17, 15) is 4.39 Å². The lowest BCUT2D eigenvalue weighted by atomic mass is 9.79. The summed E-state index contributed by atoms with van der Waals surface area (Å²) >= 11 is 0. The van der Waals surface area contributed by atoms with Crippen LogP contribution in [-0.2, 0) is 11.8 Å². The molecule has 0 aromatic heterocycles. The molecule has 164 valence electrons. The highest BCUT2D eigenvalue weighted by Gasteiger charge is 2.22. The Morgan fingerprint density at radius 3 is 2.35 bits per heavy atom. The van der Waals surface area contributed by atoms with E-state index >= 15 is 0 Å². The van der Waals surface area contributed by atoms with Crippen LogP contribution in [0, 0.1) is 5.82 Å². The van der Waals surface area contributed by atoms with Gasteiger partial charge in [0.05, 0.1) is 13.7 Å². The molecule has 0 saturated carbocycles. The third-order valence-electron chi connectivity index (χ3n) is 5.48. The summed E-state index contributed by atoms with van der Waals surface area (Å²) in [4.78, 5) is 0. The largest absolute Gasteiger partial charge is 0.493 e. The first kappa shape index (κ1) is 22.7. The Hall–Kier alpha value is -3.01. The molecule has 3 nitrogen and oxygen atoms in total. The average Bonchev–Trinajstić information content (AvgIpc) is 2.77. The quantitative estimate of drug-likeness (QED) is 0.342. The Balaban J connectivity index is 1.64. The summed E-state index contributed by atoms with van der Waals surface area (Å²) in [5.74, 6) is 2.06. The van der Waals surface area contributed by atoms with E-state index in [2.05, 4.69) is 26.0 Å². The molecule has 0 aliphatic rings. The van der Waals surface area contributed by atoms with Crippen molar-refractivity contribution in [3.8, 4) is 23.0 Å². The van der Waals surface area contributed by atoms with Crippen molar-refractivity contribution in [2.24, 2.45) is 0 Å². The number of para-hydroxylation sites is 1. The van der Waals surface area contributed by atoms with Crippen molar-refractivity contribution >= 4 is 0 Å². The average molecular weight is 423 g/mol. The van der Waals surface area contributed by atoms with Gasteiger partial charge in [-0.3, -0.25) is 0 Å². The summed E-state index contributed by atoms with van der Waals surface area (Å²) in [6.45, 7) is 7.03. The van der Waals surface area contributed by atoms with Crippen molar-refractivity contribution < 1.29 is 18.6 Å². The van der Waals surface area contributed by atoms with Crippen molar-refractivity contribution in [3.63, 3.8) is 0 Å². The van der Waals surface area contributed by atoms with Gasteiger partial charge in [-0.15, -0.1) is 0 Å². The Labute approximate surface area is 184 Å². The van der Waals surface area contributed by atoms with Gasteiger partial charge in [0.25, 0.3) is 0 Å². The molecule has 0 radical (unpaired) electrons. The van der Waals surface area contributed by atoms with Gasteiger partial charge in [0.15, 0.2) is 23.1 Å². The Bertz CT molecular complexity index is 983. The molecule has 4 heteroatoms. The fourth-order valence-electron chi connectivity index (χ4n) is 3.64. The molecule has 0 bridgehead atoms. The molecule has 0 saturated heterocycles. The molecule has 0 N–H and O–H groups in total. The molecule has 31 heavy (non-hydrogen) atoms. The lowest BCUT2D eigenvalue weighted by molar-refractivity contribution is 0.310. The fraction of sp³-hybridized carbons (Fsp3) is 0.333. The van der Waals surface area contributed by atoms with Gasteiger partial charge in [-0.25, -0.2) is 4.39 Å². The highest BCUT2D eigenvalue weighted by Crippen LogP contribution is 2.36. The van der Waals surface area contributed by atoms with Crippen LogP contribution in [0.15, 0.2) is 66.7 Å². The number of rotatable bonds is 10. The maximum Gasteiger partial charge on any atom is 0.165 e. The van der Waals surface area contributed by atoms with E-state index in [0.717, 1.165) is 36.3 Å². The van der Waals surface area contributed by atoms with Gasteiger partial charge < -0.3 is 14.2 Å². The minimum Gasteiger partial charge on any atom is -0.493 e. The number of hydrogen-bond donors (Lipinski definition) is 0. The number of ether oxygens (including phenoxy) is 3. The van der Waals surface area contributed by atoms with Crippen molar-refractivity contribution in [2.45, 2.75) is 45.4 Å². The minimum atomic E-state index is -0.352. The summed E-state index contributed by atoms with van der Waals surface area (Å²) in [5.41, 5.74) is 2.24. The Morgan fingerprint density at radius 2 is 1.65 bits per heavy atom. The molecule has 0 heterocycles. The van der Waals surface area contributed by atoms with E-state index in [0.29, 0.717) is 12.4 Å². The number of hydrogen-bond acceptors (Lipinski definition) is 3. The van der Waals surface area contributed by atoms with Gasteiger partial charge in [0, 0.05) is 0 Å². The van der Waals surface area contributed by atoms with Gasteiger partial charge in [-0.05, 0) is 79.1 Å². The van der Waals surface area contributed by atoms with Crippen molar-refractivity contribution in [1.82, 2.24) is 0 Å². The summed E-state index contributed by atoms with van der Waals surface area (Å²) in [7, 11) is 1.66. The van der Waals surface area contributed by atoms with Crippen LogP contribution in [0.25, 0.3) is 0 Å². The monoisotopic (exact) mass is 422 g/mol. The molecule has 0 spiro atoms. The molecule has 0 aliphatic heterocycles. The Kier molecular flexibility index (Phi) is 7.56. The van der Waals surface area contributed by atoms with Gasteiger partial charge in [-0.2, -0.15) is 0 Å². The molecule has 3 rings (SSSR count). The van der Waals surface area contributed by atoms with Gasteiger partial charge in [0.2, 0.25) is 0 Å². The second-order valence-electron chi connectivity index (χ2n) is 8.22. The van der Waals surface area contributed by atoms with E-state index in [4.69, 9.17) is 14.2 Å². The fourth-order valence-corrected chi connectivity index (χ4v) is 3.64. The standard InChI is InChI=1S/C27H31FO3/c1-5-30-24-16-14-21(19-26(24)29-4)27(2,3)17-9-10-20-13-15-23(28)25(18-20)31-22-11-7-6-8-12-22/h6-8,11-16,18-19H,5,9-10,17H2,1-4H3. The predicted octanol–water partition coefficient (Wildman–Crippen LogP) is 7.33. The number of benzene rings is 3. The molecule has 3 aromatic carbocycles. The third-order valence-corrected chi connectivity index (χ3v) is 5.48. The number of methoxy groups -OCH3 is 1. The molecule has 0 fully saturated rings. The zero-order chi connectivity index (χ0) is 22.3. The highest BCUT2D eigenvalue weighted by atomic mass is 19.1. The molecule has 0 aliphatic carbocycles. The number of halogens is 1. The summed E-state index contributed by atoms with van der Waals surface area (Å²) in [6.07, 6.45) is 2.80. The molecular formula is C27H31FO3. The van der Waals surface area contributed by atoms with Crippen LogP contribution in [0.5, 0.6) is 23.0 Å². The summed E-state index contributed by atoms with van der Waals surface area (Å²) < 4.78 is 31.1. The van der Waals surface area contributed by atoms with Crippen LogP contribution in [0.4, 0.5) is 4.39 Å². The topological polar surface area (TPSA) is 27.7 Å². The first-order valence-electron chi connectivity index (χ1n) is 10.8. The van der Waals surface area contributed by atoms with E-state index in [-0.39, 0.29) is 17.0 Å². The minimum absolute atomic E-state index is 0.0264. The maximum absolute atomic E-state index is 14.2. The zero-order valence-electron chi connectivity index (χ0n) is 18.8. The van der Waals surface area contributed by atoms with Crippen molar-refractivity contribution in [2.75, 3.05) is 13.7 Å². The van der Waals surface area contributed by atoms with Crippen molar-refractivity contribution in [3.05, 3.63) is 83.7 Å². The Morgan fingerprint density at radius 1 is 0.871 bits per heavy atom. The van der Waals surface area contributed by atoms with Crippen molar-refractivity contribution in [1.29, 1.82) is 0 Å². The lowest BCUT2D eigenvalue weighted by Gasteiger charge is -2.26. The summed E-state index contributed by atoms with van der Waals surface area (Å²) in [6, 6.07) is 20.6. The van der Waals surface area contributed by atoms with Gasteiger partial charge in [0.1, 0.15) is 5.75 Å². The zero-order valence-corrected chi connectivity index (χ0v) is 18.8. The molecule has 3 aromatic rings. The normalized spacial score (nSPS) is 11.3. The summed E-state index contributed by atoms with van der Waals surface area (Å²) in [5, 5.41) is 0. The SMILES string of the molecule is CCOc1ccc(C(C)(C)CCCc2ccc(F)c(Oc3ccccc3)c2)cc1OC. The molecule has 0 unspecified atom stereocenters. The molecule has 0 atom stereocenters. The van der Waals surface area contributed by atoms with E-state index in [1.54, 1.807) is 13.2 Å². The van der Waals surface area contributed by atoms with Crippen LogP contribution in [0.2, 0.25) is 0 Å². The van der Waals surface area contributed by atoms with E-state index in [1.165, 1.54) is 11.6 Å². The van der Waals surface area contributed by atoms with Gasteiger partial charge >= 0.3 is 0 Å². The van der Waals surface area contributed by atoms with Crippen LogP contribution < -0.4 is 14.2 Å². The van der Waals surface area contributed by atoms with Crippen LogP contribution >= 0.6 is 0 Å².